The molecule has 1 aromatic carbocycles. The second kappa shape index (κ2) is 5.17. The molecular formula is C14H20FN3O. The monoisotopic (exact) mass is 265 g/mol. The van der Waals surface area contributed by atoms with Crippen molar-refractivity contribution in [2.24, 2.45) is 0 Å². The molecule has 0 aliphatic carbocycles. The fraction of sp³-hybridized carbons (Fsp3) is 0.500. The van der Waals surface area contributed by atoms with Gasteiger partial charge in [0.25, 0.3) is 5.91 Å². The lowest BCUT2D eigenvalue weighted by Crippen LogP contribution is -2.56. The number of likely N-dealkylation sites (N-methyl/N-ethyl adjacent to an activating group) is 1. The van der Waals surface area contributed by atoms with E-state index in [2.05, 4.69) is 18.7 Å². The SMILES string of the molecule is CC1CN(C(=O)c2cccc(F)c2N)CC(C)N1C. The second-order valence-corrected chi connectivity index (χ2v) is 5.27. The quantitative estimate of drug-likeness (QED) is 0.784. The first-order valence-corrected chi connectivity index (χ1v) is 6.47. The van der Waals surface area contributed by atoms with Crippen LogP contribution in [0, 0.1) is 5.82 Å². The first kappa shape index (κ1) is 13.8. The van der Waals surface area contributed by atoms with E-state index < -0.39 is 5.82 Å². The van der Waals surface area contributed by atoms with Crippen LogP contribution in [0.1, 0.15) is 24.2 Å². The molecule has 104 valence electrons. The molecule has 0 aromatic heterocycles. The van der Waals surface area contributed by atoms with Gasteiger partial charge >= 0.3 is 0 Å². The van der Waals surface area contributed by atoms with Crippen molar-refractivity contribution >= 4 is 11.6 Å². The van der Waals surface area contributed by atoms with Crippen LogP contribution in [-0.4, -0.2) is 47.9 Å². The first-order chi connectivity index (χ1) is 8.91. The zero-order valence-corrected chi connectivity index (χ0v) is 11.6. The highest BCUT2D eigenvalue weighted by Crippen LogP contribution is 2.21. The Morgan fingerprint density at radius 3 is 2.47 bits per heavy atom. The Bertz CT molecular complexity index is 480. The van der Waals surface area contributed by atoms with Crippen LogP contribution in [0.25, 0.3) is 0 Å². The van der Waals surface area contributed by atoms with E-state index in [4.69, 9.17) is 5.73 Å². The molecule has 0 saturated carbocycles. The Hall–Kier alpha value is -1.62. The summed E-state index contributed by atoms with van der Waals surface area (Å²) < 4.78 is 13.4. The van der Waals surface area contributed by atoms with Crippen LogP contribution in [0.3, 0.4) is 0 Å². The maximum absolute atomic E-state index is 13.4. The number of benzene rings is 1. The number of amides is 1. The number of carbonyl (C=O) groups is 1. The summed E-state index contributed by atoms with van der Waals surface area (Å²) in [7, 11) is 2.05. The van der Waals surface area contributed by atoms with Crippen LogP contribution in [0.2, 0.25) is 0 Å². The molecule has 1 fully saturated rings. The zero-order valence-electron chi connectivity index (χ0n) is 11.6. The van der Waals surface area contributed by atoms with Crippen LogP contribution in [0.5, 0.6) is 0 Å². The van der Waals surface area contributed by atoms with Crippen molar-refractivity contribution in [3.8, 4) is 0 Å². The number of nitrogens with two attached hydrogens (primary N) is 1. The number of nitrogen functional groups attached to an aromatic ring is 1. The topological polar surface area (TPSA) is 49.6 Å². The van der Waals surface area contributed by atoms with Gasteiger partial charge in [0.15, 0.2) is 0 Å². The summed E-state index contributed by atoms with van der Waals surface area (Å²) in [6.07, 6.45) is 0. The summed E-state index contributed by atoms with van der Waals surface area (Å²) in [6, 6.07) is 4.92. The summed E-state index contributed by atoms with van der Waals surface area (Å²) in [4.78, 5) is 16.4. The second-order valence-electron chi connectivity index (χ2n) is 5.27. The normalized spacial score (nSPS) is 24.5. The number of rotatable bonds is 1. The predicted molar refractivity (Wildman–Crippen MR) is 73.4 cm³/mol. The van der Waals surface area contributed by atoms with Crippen LogP contribution in [0.15, 0.2) is 18.2 Å². The minimum absolute atomic E-state index is 0.0632. The van der Waals surface area contributed by atoms with Crippen LogP contribution < -0.4 is 5.73 Å². The number of piperazine rings is 1. The van der Waals surface area contributed by atoms with E-state index in [0.29, 0.717) is 13.1 Å². The minimum atomic E-state index is -0.541. The third-order valence-corrected chi connectivity index (χ3v) is 3.93. The van der Waals surface area contributed by atoms with Crippen LogP contribution in [-0.2, 0) is 0 Å². The predicted octanol–water partition coefficient (Wildman–Crippen LogP) is 1.57. The lowest BCUT2D eigenvalue weighted by atomic mass is 10.1. The van der Waals surface area contributed by atoms with Gasteiger partial charge in [-0.2, -0.15) is 0 Å². The molecule has 2 atom stereocenters. The Kier molecular flexibility index (Phi) is 3.75. The third kappa shape index (κ3) is 2.56. The number of halogens is 1. The molecule has 4 nitrogen and oxygen atoms in total. The van der Waals surface area contributed by atoms with Crippen molar-refractivity contribution in [2.75, 3.05) is 25.9 Å². The molecule has 2 unspecified atom stereocenters. The molecule has 2 N–H and O–H groups in total. The first-order valence-electron chi connectivity index (χ1n) is 6.47. The number of hydrogen-bond donors (Lipinski definition) is 1. The maximum atomic E-state index is 13.4. The summed E-state index contributed by atoms with van der Waals surface area (Å²) in [6.45, 7) is 5.42. The van der Waals surface area contributed by atoms with Crippen molar-refractivity contribution in [1.29, 1.82) is 0 Å². The van der Waals surface area contributed by atoms with Crippen molar-refractivity contribution in [3.05, 3.63) is 29.6 Å². The van der Waals surface area contributed by atoms with Crippen molar-refractivity contribution < 1.29 is 9.18 Å². The highest BCUT2D eigenvalue weighted by molar-refractivity contribution is 5.99. The number of para-hydroxylation sites is 1. The van der Waals surface area contributed by atoms with E-state index in [0.717, 1.165) is 0 Å². The van der Waals surface area contributed by atoms with Gasteiger partial charge in [-0.15, -0.1) is 0 Å². The van der Waals surface area contributed by atoms with Gasteiger partial charge < -0.3 is 10.6 Å². The maximum Gasteiger partial charge on any atom is 0.256 e. The highest BCUT2D eigenvalue weighted by Gasteiger charge is 2.30. The fourth-order valence-electron chi connectivity index (χ4n) is 2.46. The Labute approximate surface area is 113 Å². The number of hydrogen-bond acceptors (Lipinski definition) is 3. The largest absolute Gasteiger partial charge is 0.396 e. The van der Waals surface area contributed by atoms with Gasteiger partial charge in [0.05, 0.1) is 11.3 Å². The van der Waals surface area contributed by atoms with Gasteiger partial charge in [-0.1, -0.05) is 6.07 Å². The third-order valence-electron chi connectivity index (χ3n) is 3.93. The van der Waals surface area contributed by atoms with E-state index in [1.54, 1.807) is 11.0 Å². The number of carbonyl (C=O) groups excluding carboxylic acids is 1. The van der Waals surface area contributed by atoms with Gasteiger partial charge in [0.2, 0.25) is 0 Å². The Morgan fingerprint density at radius 1 is 1.32 bits per heavy atom. The van der Waals surface area contributed by atoms with Crippen molar-refractivity contribution in [3.63, 3.8) is 0 Å². The molecule has 1 amide bonds. The molecular weight excluding hydrogens is 245 g/mol. The summed E-state index contributed by atoms with van der Waals surface area (Å²) in [5.41, 5.74) is 5.84. The lowest BCUT2D eigenvalue weighted by molar-refractivity contribution is 0.0415. The standard InChI is InChI=1S/C14H20FN3O/c1-9-7-18(8-10(2)17(9)3)14(19)11-5-4-6-12(15)13(11)16/h4-6,9-10H,7-8,16H2,1-3H3. The van der Waals surface area contributed by atoms with Crippen molar-refractivity contribution in [1.82, 2.24) is 9.80 Å². The molecule has 2 rings (SSSR count). The van der Waals surface area contributed by atoms with Gasteiger partial charge in [0.1, 0.15) is 5.82 Å². The van der Waals surface area contributed by atoms with E-state index in [1.165, 1.54) is 12.1 Å². The number of nitrogens with zero attached hydrogens (tertiary/aromatic N) is 2. The van der Waals surface area contributed by atoms with Crippen LogP contribution in [0.4, 0.5) is 10.1 Å². The molecule has 1 aliphatic heterocycles. The van der Waals surface area contributed by atoms with E-state index in [1.807, 2.05) is 7.05 Å². The summed E-state index contributed by atoms with van der Waals surface area (Å²) in [5.74, 6) is -0.732. The number of anilines is 1. The van der Waals surface area contributed by atoms with Crippen molar-refractivity contribution in [2.45, 2.75) is 25.9 Å². The smallest absolute Gasteiger partial charge is 0.256 e. The molecule has 1 saturated heterocycles. The molecule has 1 aliphatic rings. The Balaban J connectivity index is 2.23. The van der Waals surface area contributed by atoms with E-state index in [-0.39, 0.29) is 29.2 Å². The summed E-state index contributed by atoms with van der Waals surface area (Å²) in [5, 5.41) is 0. The van der Waals surface area contributed by atoms with E-state index in [9.17, 15) is 9.18 Å². The van der Waals surface area contributed by atoms with Gasteiger partial charge in [-0.05, 0) is 33.0 Å². The van der Waals surface area contributed by atoms with Gasteiger partial charge in [-0.3, -0.25) is 9.69 Å². The van der Waals surface area contributed by atoms with Crippen LogP contribution >= 0.6 is 0 Å². The molecule has 1 heterocycles. The summed E-state index contributed by atoms with van der Waals surface area (Å²) >= 11 is 0. The fourth-order valence-corrected chi connectivity index (χ4v) is 2.46. The highest BCUT2D eigenvalue weighted by atomic mass is 19.1. The average molecular weight is 265 g/mol. The zero-order chi connectivity index (χ0) is 14.2. The molecule has 19 heavy (non-hydrogen) atoms. The lowest BCUT2D eigenvalue weighted by Gasteiger charge is -2.42. The molecule has 5 heteroatoms. The minimum Gasteiger partial charge on any atom is -0.396 e. The van der Waals surface area contributed by atoms with Gasteiger partial charge in [-0.25, -0.2) is 4.39 Å². The molecule has 0 spiro atoms. The average Bonchev–Trinajstić information content (AvgIpc) is 2.38. The molecule has 1 aromatic rings. The molecule has 0 bridgehead atoms. The Morgan fingerprint density at radius 2 is 1.89 bits per heavy atom. The van der Waals surface area contributed by atoms with E-state index >= 15 is 0 Å². The molecule has 0 radical (unpaired) electrons. The van der Waals surface area contributed by atoms with Gasteiger partial charge in [0, 0.05) is 25.2 Å².